The topological polar surface area (TPSA) is 109 Å². The molecule has 34 heavy (non-hydrogen) atoms. The minimum atomic E-state index is 0.611. The van der Waals surface area contributed by atoms with Gasteiger partial charge in [-0.25, -0.2) is 19.9 Å². The molecule has 2 aromatic heterocycles. The van der Waals surface area contributed by atoms with Crippen molar-refractivity contribution in [3.8, 4) is 11.8 Å². The molecule has 0 unspecified atom stereocenters. The number of ether oxygens (including phenoxy) is 2. The molecular formula is C23H39N9O2. The van der Waals surface area contributed by atoms with E-state index in [-0.39, 0.29) is 0 Å². The normalized spacial score (nSPS) is 17.2. The Morgan fingerprint density at radius 1 is 0.706 bits per heavy atom. The van der Waals surface area contributed by atoms with Gasteiger partial charge in [0.05, 0.1) is 14.2 Å². The summed E-state index contributed by atoms with van der Waals surface area (Å²) in [5, 5.41) is 0. The lowest BCUT2D eigenvalue weighted by Crippen LogP contribution is -2.48. The fraction of sp³-hybridized carbons (Fsp3) is 0.652. The highest BCUT2D eigenvalue weighted by Crippen LogP contribution is 2.18. The van der Waals surface area contributed by atoms with Crippen LogP contribution in [0.3, 0.4) is 0 Å². The van der Waals surface area contributed by atoms with Gasteiger partial charge in [0, 0.05) is 77.6 Å². The lowest BCUT2D eigenvalue weighted by Gasteiger charge is -2.35. The van der Waals surface area contributed by atoms with Gasteiger partial charge in [0.15, 0.2) is 0 Å². The average molecular weight is 474 g/mol. The van der Waals surface area contributed by atoms with Crippen molar-refractivity contribution >= 4 is 11.6 Å². The van der Waals surface area contributed by atoms with Gasteiger partial charge in [-0.2, -0.15) is 0 Å². The molecule has 2 N–H and O–H groups in total. The Morgan fingerprint density at radius 2 is 1.15 bits per heavy atom. The fourth-order valence-electron chi connectivity index (χ4n) is 4.13. The van der Waals surface area contributed by atoms with Gasteiger partial charge in [-0.3, -0.25) is 9.80 Å². The molecule has 0 bridgehead atoms. The van der Waals surface area contributed by atoms with E-state index >= 15 is 0 Å². The predicted octanol–water partition coefficient (Wildman–Crippen LogP) is 0.583. The molecule has 2 saturated heterocycles. The number of piperazine rings is 2. The maximum Gasteiger partial charge on any atom is 0.218 e. The van der Waals surface area contributed by atoms with Crippen LogP contribution in [0.4, 0.5) is 11.6 Å². The molecule has 0 amide bonds. The van der Waals surface area contributed by atoms with Crippen LogP contribution >= 0.6 is 0 Å². The third-order valence-electron chi connectivity index (χ3n) is 6.05. The molecule has 2 aliphatic heterocycles. The summed E-state index contributed by atoms with van der Waals surface area (Å²) in [6, 6.07) is 3.77. The highest BCUT2D eigenvalue weighted by Gasteiger charge is 2.18. The van der Waals surface area contributed by atoms with Gasteiger partial charge in [0.1, 0.15) is 24.3 Å². The zero-order valence-electron chi connectivity index (χ0n) is 20.8. The number of rotatable bonds is 8. The Hall–Kier alpha value is -2.76. The quantitative estimate of drug-likeness (QED) is 0.581. The number of hydrogen-bond acceptors (Lipinski definition) is 11. The van der Waals surface area contributed by atoms with Crippen molar-refractivity contribution in [2.75, 3.05) is 96.0 Å². The van der Waals surface area contributed by atoms with Gasteiger partial charge >= 0.3 is 0 Å². The fourth-order valence-corrected chi connectivity index (χ4v) is 4.13. The van der Waals surface area contributed by atoms with Crippen LogP contribution in [0.1, 0.15) is 13.3 Å². The number of methoxy groups -OCH3 is 2. The van der Waals surface area contributed by atoms with Crippen LogP contribution in [0.5, 0.6) is 11.8 Å². The number of aromatic nitrogens is 4. The number of hydrogen-bond donors (Lipinski definition) is 1. The average Bonchev–Trinajstić information content (AvgIpc) is 2.90. The molecule has 4 heterocycles. The van der Waals surface area contributed by atoms with E-state index in [2.05, 4.69) is 46.5 Å². The van der Waals surface area contributed by atoms with Gasteiger partial charge in [-0.05, 0) is 13.0 Å². The van der Waals surface area contributed by atoms with Crippen LogP contribution in [0.25, 0.3) is 0 Å². The SMILES string of the molecule is CCCN1CCN(c2cc(OC)ncn2)CC1.COc1cc(N2CCN(CCN)CC2)ncn1. The lowest BCUT2D eigenvalue weighted by molar-refractivity contribution is 0.258. The summed E-state index contributed by atoms with van der Waals surface area (Å²) in [5.41, 5.74) is 5.55. The molecule has 0 aromatic carbocycles. The van der Waals surface area contributed by atoms with Gasteiger partial charge in [0.25, 0.3) is 0 Å². The zero-order chi connectivity index (χ0) is 24.2. The molecule has 2 aromatic rings. The second kappa shape index (κ2) is 13.8. The van der Waals surface area contributed by atoms with Crippen LogP contribution in [-0.2, 0) is 0 Å². The van der Waals surface area contributed by atoms with Crippen molar-refractivity contribution in [3.05, 3.63) is 24.8 Å². The first-order valence-corrected chi connectivity index (χ1v) is 12.0. The largest absolute Gasteiger partial charge is 0.481 e. The van der Waals surface area contributed by atoms with Crippen LogP contribution in [0, 0.1) is 0 Å². The standard InChI is InChI=1S/C12H20N4O.C11H19N5O/c1-3-4-15-5-7-16(8-6-15)11-9-12(17-2)14-10-13-11;1-17-11-8-10(13-9-14-11)16-6-4-15(3-2-12)5-7-16/h9-10H,3-8H2,1-2H3;8-9H,2-7,12H2,1H3. The van der Waals surface area contributed by atoms with Crippen LogP contribution in [0.15, 0.2) is 24.8 Å². The summed E-state index contributed by atoms with van der Waals surface area (Å²) in [5.74, 6) is 3.14. The smallest absolute Gasteiger partial charge is 0.218 e. The Morgan fingerprint density at radius 3 is 1.53 bits per heavy atom. The minimum absolute atomic E-state index is 0.611. The van der Waals surface area contributed by atoms with Crippen molar-refractivity contribution in [1.29, 1.82) is 0 Å². The summed E-state index contributed by atoms with van der Waals surface area (Å²) < 4.78 is 10.2. The monoisotopic (exact) mass is 473 g/mol. The maximum atomic E-state index is 5.55. The summed E-state index contributed by atoms with van der Waals surface area (Å²) in [4.78, 5) is 26.0. The molecule has 4 rings (SSSR count). The summed E-state index contributed by atoms with van der Waals surface area (Å²) in [6.07, 6.45) is 4.33. The molecule has 11 nitrogen and oxygen atoms in total. The van der Waals surface area contributed by atoms with Crippen LogP contribution in [0.2, 0.25) is 0 Å². The highest BCUT2D eigenvalue weighted by atomic mass is 16.5. The maximum absolute atomic E-state index is 5.55. The van der Waals surface area contributed by atoms with E-state index < -0.39 is 0 Å². The van der Waals surface area contributed by atoms with Crippen molar-refractivity contribution in [1.82, 2.24) is 29.7 Å². The van der Waals surface area contributed by atoms with Gasteiger partial charge < -0.3 is 25.0 Å². The van der Waals surface area contributed by atoms with Crippen molar-refractivity contribution in [3.63, 3.8) is 0 Å². The number of nitrogens with two attached hydrogens (primary N) is 1. The van der Waals surface area contributed by atoms with E-state index in [9.17, 15) is 0 Å². The third kappa shape index (κ3) is 7.64. The van der Waals surface area contributed by atoms with Gasteiger partial charge in [-0.15, -0.1) is 0 Å². The molecule has 11 heteroatoms. The van der Waals surface area contributed by atoms with Crippen molar-refractivity contribution < 1.29 is 9.47 Å². The first-order valence-electron chi connectivity index (χ1n) is 12.0. The molecule has 0 atom stereocenters. The van der Waals surface area contributed by atoms with Gasteiger partial charge in [0.2, 0.25) is 11.8 Å². The second-order valence-electron chi connectivity index (χ2n) is 8.28. The van der Waals surface area contributed by atoms with Crippen LogP contribution < -0.4 is 25.0 Å². The van der Waals surface area contributed by atoms with Crippen LogP contribution in [-0.4, -0.2) is 116 Å². The zero-order valence-corrected chi connectivity index (χ0v) is 20.8. The summed E-state index contributed by atoms with van der Waals surface area (Å²) in [7, 11) is 3.25. The van der Waals surface area contributed by atoms with E-state index in [1.54, 1.807) is 26.9 Å². The molecular weight excluding hydrogens is 434 g/mol. The molecule has 0 spiro atoms. The Bertz CT molecular complexity index is 771. The van der Waals surface area contributed by atoms with E-state index in [4.69, 9.17) is 15.2 Å². The Kier molecular flexibility index (Phi) is 10.5. The van der Waals surface area contributed by atoms with E-state index in [1.165, 1.54) is 13.0 Å². The Balaban J connectivity index is 0.000000191. The molecule has 2 aliphatic rings. The molecule has 0 radical (unpaired) electrons. The Labute approximate surface area is 202 Å². The van der Waals surface area contributed by atoms with Crippen molar-refractivity contribution in [2.45, 2.75) is 13.3 Å². The molecule has 188 valence electrons. The third-order valence-corrected chi connectivity index (χ3v) is 6.05. The number of nitrogens with zero attached hydrogens (tertiary/aromatic N) is 8. The minimum Gasteiger partial charge on any atom is -0.481 e. The summed E-state index contributed by atoms with van der Waals surface area (Å²) in [6.45, 7) is 13.4. The second-order valence-corrected chi connectivity index (χ2v) is 8.28. The van der Waals surface area contributed by atoms with Gasteiger partial charge in [-0.1, -0.05) is 6.92 Å². The molecule has 0 saturated carbocycles. The lowest BCUT2D eigenvalue weighted by atomic mass is 10.3. The van der Waals surface area contributed by atoms with E-state index in [1.807, 2.05) is 12.1 Å². The highest BCUT2D eigenvalue weighted by molar-refractivity contribution is 5.42. The molecule has 2 fully saturated rings. The van der Waals surface area contributed by atoms with E-state index in [0.29, 0.717) is 11.8 Å². The van der Waals surface area contributed by atoms with E-state index in [0.717, 1.165) is 77.1 Å². The van der Waals surface area contributed by atoms with Crippen molar-refractivity contribution in [2.24, 2.45) is 5.73 Å². The summed E-state index contributed by atoms with van der Waals surface area (Å²) >= 11 is 0. The predicted molar refractivity (Wildman–Crippen MR) is 134 cm³/mol. The number of anilines is 2. The molecule has 0 aliphatic carbocycles. The first kappa shape index (κ1) is 25.9. The first-order chi connectivity index (χ1) is 16.7.